The van der Waals surface area contributed by atoms with Crippen LogP contribution in [-0.4, -0.2) is 28.9 Å². The first-order valence-electron chi connectivity index (χ1n) is 7.67. The number of ether oxygens (including phenoxy) is 1. The maximum atomic E-state index is 11.8. The van der Waals surface area contributed by atoms with Crippen molar-refractivity contribution in [3.05, 3.63) is 0 Å². The third-order valence-electron chi connectivity index (χ3n) is 2.57. The van der Waals surface area contributed by atoms with E-state index in [1.807, 2.05) is 34.6 Å². The smallest absolute Gasteiger partial charge is 0.407 e. The van der Waals surface area contributed by atoms with Gasteiger partial charge in [0, 0.05) is 6.42 Å². The molecule has 0 aliphatic rings. The van der Waals surface area contributed by atoms with Crippen molar-refractivity contribution in [1.82, 2.24) is 5.32 Å². The van der Waals surface area contributed by atoms with E-state index in [1.54, 1.807) is 0 Å². The number of carbonyl (C=O) groups excluding carboxylic acids is 1. The van der Waals surface area contributed by atoms with Crippen LogP contribution in [0, 0.1) is 23.7 Å². The largest absolute Gasteiger partial charge is 0.444 e. The number of nitrogens with one attached hydrogen (secondary N) is 1. The van der Waals surface area contributed by atoms with Gasteiger partial charge >= 0.3 is 6.09 Å². The van der Waals surface area contributed by atoms with Crippen LogP contribution in [0.4, 0.5) is 4.79 Å². The number of hydrogen-bond donors (Lipinski definition) is 2. The van der Waals surface area contributed by atoms with Gasteiger partial charge in [0.1, 0.15) is 11.7 Å². The summed E-state index contributed by atoms with van der Waals surface area (Å²) in [5.41, 5.74) is -0.555. The lowest BCUT2D eigenvalue weighted by molar-refractivity contribution is 0.0447. The molecule has 0 heterocycles. The number of aliphatic hydroxyl groups is 1. The van der Waals surface area contributed by atoms with Gasteiger partial charge < -0.3 is 15.2 Å². The van der Waals surface area contributed by atoms with E-state index in [1.165, 1.54) is 0 Å². The maximum absolute atomic E-state index is 11.8. The van der Waals surface area contributed by atoms with Crippen LogP contribution in [0.25, 0.3) is 0 Å². The van der Waals surface area contributed by atoms with Crippen molar-refractivity contribution in [3.63, 3.8) is 0 Å². The van der Waals surface area contributed by atoms with Crippen LogP contribution in [0.15, 0.2) is 0 Å². The van der Waals surface area contributed by atoms with Crippen LogP contribution in [0.3, 0.4) is 0 Å². The Bertz CT molecular complexity index is 372. The Balaban J connectivity index is 4.70. The highest BCUT2D eigenvalue weighted by molar-refractivity contribution is 5.68. The van der Waals surface area contributed by atoms with Gasteiger partial charge in [0.2, 0.25) is 0 Å². The van der Waals surface area contributed by atoms with Crippen LogP contribution < -0.4 is 5.32 Å². The fourth-order valence-electron chi connectivity index (χ4n) is 1.70. The Labute approximate surface area is 129 Å². The summed E-state index contributed by atoms with van der Waals surface area (Å²) < 4.78 is 5.23. The molecule has 4 heteroatoms. The van der Waals surface area contributed by atoms with Gasteiger partial charge in [0.15, 0.2) is 0 Å². The zero-order valence-corrected chi connectivity index (χ0v) is 14.5. The average Bonchev–Trinajstić information content (AvgIpc) is 2.23. The lowest BCUT2D eigenvalue weighted by Gasteiger charge is -2.25. The van der Waals surface area contributed by atoms with Gasteiger partial charge in [-0.15, -0.1) is 5.92 Å². The molecule has 122 valence electrons. The van der Waals surface area contributed by atoms with Crippen molar-refractivity contribution in [3.8, 4) is 11.8 Å². The molecule has 2 atom stereocenters. The molecule has 0 unspecified atom stereocenters. The minimum atomic E-state index is -0.876. The molecule has 0 fully saturated rings. The van der Waals surface area contributed by atoms with Gasteiger partial charge in [-0.25, -0.2) is 4.79 Å². The van der Waals surface area contributed by atoms with E-state index in [0.717, 1.165) is 6.42 Å². The van der Waals surface area contributed by atoms with Gasteiger partial charge in [-0.2, -0.15) is 0 Å². The molecule has 0 saturated carbocycles. The number of hydrogen-bond acceptors (Lipinski definition) is 3. The molecule has 1 amide bonds. The topological polar surface area (TPSA) is 58.6 Å². The number of amides is 1. The molecule has 2 N–H and O–H groups in total. The Morgan fingerprint density at radius 2 is 1.76 bits per heavy atom. The summed E-state index contributed by atoms with van der Waals surface area (Å²) >= 11 is 0. The summed E-state index contributed by atoms with van der Waals surface area (Å²) in [5.74, 6) is 6.59. The summed E-state index contributed by atoms with van der Waals surface area (Å²) in [5, 5.41) is 12.9. The van der Waals surface area contributed by atoms with Crippen LogP contribution in [0.1, 0.15) is 61.3 Å². The molecular weight excluding hydrogens is 266 g/mol. The second-order valence-electron chi connectivity index (χ2n) is 7.25. The fourth-order valence-corrected chi connectivity index (χ4v) is 1.70. The minimum Gasteiger partial charge on any atom is -0.444 e. The van der Waals surface area contributed by atoms with Crippen LogP contribution in [0.5, 0.6) is 0 Å². The quantitative estimate of drug-likeness (QED) is 0.765. The van der Waals surface area contributed by atoms with E-state index in [2.05, 4.69) is 31.0 Å². The van der Waals surface area contributed by atoms with E-state index in [0.29, 0.717) is 18.3 Å². The lowest BCUT2D eigenvalue weighted by atomic mass is 9.99. The summed E-state index contributed by atoms with van der Waals surface area (Å²) in [7, 11) is 0. The molecule has 0 rings (SSSR count). The highest BCUT2D eigenvalue weighted by Gasteiger charge is 2.24. The molecule has 0 saturated heterocycles. The van der Waals surface area contributed by atoms with E-state index in [-0.39, 0.29) is 0 Å². The molecule has 0 bridgehead atoms. The number of aliphatic hydroxyl groups excluding tert-OH is 1. The molecule has 4 nitrogen and oxygen atoms in total. The highest BCUT2D eigenvalue weighted by atomic mass is 16.6. The first kappa shape index (κ1) is 19.8. The standard InChI is InChI=1S/C17H31NO3/c1-12(2)9-8-10-15(19)14(11-13(3)4)18-16(20)21-17(5,6)7/h12-15,19H,9,11H2,1-7H3,(H,18,20)/t14-,15-/m0/s1. The zero-order chi connectivity index (χ0) is 16.6. The monoisotopic (exact) mass is 297 g/mol. The van der Waals surface area contributed by atoms with Crippen molar-refractivity contribution >= 4 is 6.09 Å². The third-order valence-corrected chi connectivity index (χ3v) is 2.57. The van der Waals surface area contributed by atoms with E-state index in [4.69, 9.17) is 4.74 Å². The predicted molar refractivity (Wildman–Crippen MR) is 85.9 cm³/mol. The SMILES string of the molecule is CC(C)CC#C[C@H](O)[C@H](CC(C)C)NC(=O)OC(C)(C)C. The summed E-state index contributed by atoms with van der Waals surface area (Å²) in [6.07, 6.45) is -0.00851. The van der Waals surface area contributed by atoms with Crippen molar-refractivity contribution in [2.45, 2.75) is 79.1 Å². The highest BCUT2D eigenvalue weighted by Crippen LogP contribution is 2.11. The first-order valence-corrected chi connectivity index (χ1v) is 7.67. The van der Waals surface area contributed by atoms with E-state index in [9.17, 15) is 9.90 Å². The van der Waals surface area contributed by atoms with Gasteiger partial charge in [0.25, 0.3) is 0 Å². The Kier molecular flexibility index (Phi) is 8.43. The Morgan fingerprint density at radius 3 is 2.19 bits per heavy atom. The Hall–Kier alpha value is -1.21. The summed E-state index contributed by atoms with van der Waals surface area (Å²) in [6, 6.07) is -0.417. The van der Waals surface area contributed by atoms with Gasteiger partial charge in [-0.05, 0) is 39.0 Å². The molecule has 0 aliphatic heterocycles. The molecule has 0 spiro atoms. The van der Waals surface area contributed by atoms with Gasteiger partial charge in [0.05, 0.1) is 6.04 Å². The molecular formula is C17H31NO3. The fraction of sp³-hybridized carbons (Fsp3) is 0.824. The zero-order valence-electron chi connectivity index (χ0n) is 14.5. The second-order valence-corrected chi connectivity index (χ2v) is 7.25. The van der Waals surface area contributed by atoms with E-state index >= 15 is 0 Å². The number of carbonyl (C=O) groups is 1. The van der Waals surface area contributed by atoms with Crippen molar-refractivity contribution < 1.29 is 14.6 Å². The molecule has 0 radical (unpaired) electrons. The number of alkyl carbamates (subject to hydrolysis) is 1. The minimum absolute atomic E-state index is 0.339. The van der Waals surface area contributed by atoms with Crippen LogP contribution in [0.2, 0.25) is 0 Å². The lowest BCUT2D eigenvalue weighted by Crippen LogP contribution is -2.45. The van der Waals surface area contributed by atoms with Gasteiger partial charge in [-0.1, -0.05) is 33.6 Å². The molecule has 0 aromatic rings. The number of rotatable bonds is 5. The molecule has 0 aromatic carbocycles. The maximum Gasteiger partial charge on any atom is 0.407 e. The normalized spacial score (nSPS) is 14.4. The van der Waals surface area contributed by atoms with Crippen molar-refractivity contribution in [2.75, 3.05) is 0 Å². The van der Waals surface area contributed by atoms with Crippen LogP contribution in [-0.2, 0) is 4.74 Å². The molecule has 0 aromatic heterocycles. The average molecular weight is 297 g/mol. The summed E-state index contributed by atoms with van der Waals surface area (Å²) in [6.45, 7) is 13.7. The van der Waals surface area contributed by atoms with Crippen LogP contribution >= 0.6 is 0 Å². The van der Waals surface area contributed by atoms with Crippen molar-refractivity contribution in [1.29, 1.82) is 0 Å². The summed E-state index contributed by atoms with van der Waals surface area (Å²) in [4.78, 5) is 11.8. The third kappa shape index (κ3) is 11.2. The van der Waals surface area contributed by atoms with E-state index < -0.39 is 23.8 Å². The first-order chi connectivity index (χ1) is 9.51. The molecule has 0 aliphatic carbocycles. The molecule has 21 heavy (non-hydrogen) atoms. The van der Waals surface area contributed by atoms with Gasteiger partial charge in [-0.3, -0.25) is 0 Å². The van der Waals surface area contributed by atoms with Crippen molar-refractivity contribution in [2.24, 2.45) is 11.8 Å². The second kappa shape index (κ2) is 8.94. The Morgan fingerprint density at radius 1 is 1.19 bits per heavy atom. The predicted octanol–water partition coefficient (Wildman–Crippen LogP) is 3.34.